The third kappa shape index (κ3) is 54.2. The largest absolute Gasteiger partial charge is 0.472 e. The van der Waals surface area contributed by atoms with Crippen LogP contribution in [-0.4, -0.2) is 73.4 Å². The average Bonchev–Trinajstić information content (AvgIpc) is 3.32. The number of phosphoric acid groups is 1. The van der Waals surface area contributed by atoms with E-state index < -0.39 is 20.0 Å². The first-order valence-electron chi connectivity index (χ1n) is 30.0. The lowest BCUT2D eigenvalue weighted by atomic mass is 10.0. The first kappa shape index (κ1) is 68.5. The van der Waals surface area contributed by atoms with Crippen molar-refractivity contribution in [2.75, 3.05) is 40.9 Å². The molecule has 3 atom stereocenters. The van der Waals surface area contributed by atoms with Crippen LogP contribution in [0.1, 0.15) is 284 Å². The Morgan fingerprint density at radius 1 is 0.500 bits per heavy atom. The number of unbranched alkanes of at least 4 members (excludes halogenated alkanes) is 36. The quantitative estimate of drug-likeness (QED) is 0.0243. The first-order chi connectivity index (χ1) is 34.0. The molecule has 8 nitrogen and oxygen atoms in total. The fraction of sp³-hybridized carbons (Fsp3) is 0.852. The number of allylic oxidation sites excluding steroid dienone is 7. The summed E-state index contributed by atoms with van der Waals surface area (Å²) in [5.41, 5.74) is 0. The second-order valence-electron chi connectivity index (χ2n) is 21.7. The maximum Gasteiger partial charge on any atom is 0.472 e. The number of hydrogen-bond acceptors (Lipinski definition) is 5. The molecule has 0 aromatic carbocycles. The van der Waals surface area contributed by atoms with Gasteiger partial charge in [-0.2, -0.15) is 0 Å². The third-order valence-electron chi connectivity index (χ3n) is 13.6. The molecule has 0 aliphatic rings. The van der Waals surface area contributed by atoms with Gasteiger partial charge in [-0.25, -0.2) is 4.57 Å². The number of aliphatic hydroxyl groups excluding tert-OH is 1. The summed E-state index contributed by atoms with van der Waals surface area (Å²) in [6, 6.07) is -0.854. The molecular weight excluding hydrogens is 888 g/mol. The molecule has 9 heteroatoms. The van der Waals surface area contributed by atoms with E-state index in [0.29, 0.717) is 17.4 Å². The highest BCUT2D eigenvalue weighted by Crippen LogP contribution is 2.43. The predicted molar refractivity (Wildman–Crippen MR) is 304 cm³/mol. The Morgan fingerprint density at radius 2 is 0.857 bits per heavy atom. The average molecular weight is 1010 g/mol. The summed E-state index contributed by atoms with van der Waals surface area (Å²) in [6.07, 6.45) is 69.5. The Labute approximate surface area is 435 Å². The molecule has 0 fully saturated rings. The number of phosphoric ester groups is 1. The van der Waals surface area contributed by atoms with Gasteiger partial charge < -0.3 is 19.8 Å². The molecule has 3 N–H and O–H groups in total. The lowest BCUT2D eigenvalue weighted by Crippen LogP contribution is -2.45. The predicted octanol–water partition coefficient (Wildman–Crippen LogP) is 18.3. The van der Waals surface area contributed by atoms with Crippen LogP contribution in [0.3, 0.4) is 0 Å². The van der Waals surface area contributed by atoms with Gasteiger partial charge in [0.15, 0.2) is 0 Å². The molecular formula is C61H118N2O6P+. The molecule has 1 amide bonds. The summed E-state index contributed by atoms with van der Waals surface area (Å²) in [5, 5.41) is 13.9. The molecule has 3 unspecified atom stereocenters. The number of aliphatic hydroxyl groups is 1. The molecule has 0 radical (unpaired) electrons. The van der Waals surface area contributed by atoms with Crippen molar-refractivity contribution in [2.45, 2.75) is 296 Å². The second-order valence-corrected chi connectivity index (χ2v) is 23.2. The second kappa shape index (κ2) is 52.3. The number of nitrogens with zero attached hydrogens (tertiary/aromatic N) is 1. The smallest absolute Gasteiger partial charge is 0.387 e. The van der Waals surface area contributed by atoms with Crippen molar-refractivity contribution in [3.05, 3.63) is 48.6 Å². The Balaban J connectivity index is 4.10. The molecule has 70 heavy (non-hydrogen) atoms. The van der Waals surface area contributed by atoms with Crippen LogP contribution < -0.4 is 5.32 Å². The molecule has 0 heterocycles. The van der Waals surface area contributed by atoms with Gasteiger partial charge >= 0.3 is 7.82 Å². The van der Waals surface area contributed by atoms with Gasteiger partial charge in [-0.3, -0.25) is 13.8 Å². The van der Waals surface area contributed by atoms with Gasteiger partial charge in [0.2, 0.25) is 5.91 Å². The van der Waals surface area contributed by atoms with Crippen LogP contribution in [-0.2, 0) is 18.4 Å². The van der Waals surface area contributed by atoms with E-state index in [1.54, 1.807) is 6.08 Å². The lowest BCUT2D eigenvalue weighted by Gasteiger charge is -2.25. The van der Waals surface area contributed by atoms with E-state index in [2.05, 4.69) is 55.6 Å². The molecule has 0 saturated carbocycles. The van der Waals surface area contributed by atoms with Crippen molar-refractivity contribution >= 4 is 13.7 Å². The van der Waals surface area contributed by atoms with Crippen LogP contribution in [0.15, 0.2) is 48.6 Å². The van der Waals surface area contributed by atoms with Crippen molar-refractivity contribution in [2.24, 2.45) is 0 Å². The fourth-order valence-electron chi connectivity index (χ4n) is 8.88. The maximum absolute atomic E-state index is 13.0. The number of carbonyl (C=O) groups is 1. The van der Waals surface area contributed by atoms with Gasteiger partial charge in [0.05, 0.1) is 39.9 Å². The molecule has 0 aliphatic carbocycles. The minimum atomic E-state index is -4.35. The van der Waals surface area contributed by atoms with E-state index in [0.717, 1.165) is 64.2 Å². The summed E-state index contributed by atoms with van der Waals surface area (Å²) in [4.78, 5) is 23.3. The van der Waals surface area contributed by atoms with Gasteiger partial charge in [-0.15, -0.1) is 0 Å². The number of hydrogen-bond donors (Lipinski definition) is 3. The molecule has 0 aliphatic heterocycles. The number of quaternary nitrogens is 1. The SMILES string of the molecule is CC/C=C\C/C=C\C/C=C\CCCCCCCCCC(=O)NC(COP(=O)(O)OCC[N+](C)(C)C)C(O)/C=C/CCCCCCCCCCCCCCCCCCCCCCCCCCCCCCC. The summed E-state index contributed by atoms with van der Waals surface area (Å²) in [6.45, 7) is 4.72. The number of likely N-dealkylation sites (N-methyl/N-ethyl adjacent to an activating group) is 1. The fourth-order valence-corrected chi connectivity index (χ4v) is 9.62. The van der Waals surface area contributed by atoms with Crippen LogP contribution >= 0.6 is 7.82 Å². The first-order valence-corrected chi connectivity index (χ1v) is 31.5. The molecule has 0 bridgehead atoms. The molecule has 0 saturated heterocycles. The highest BCUT2D eigenvalue weighted by molar-refractivity contribution is 7.47. The van der Waals surface area contributed by atoms with Crippen molar-refractivity contribution < 1.29 is 32.9 Å². The lowest BCUT2D eigenvalue weighted by molar-refractivity contribution is -0.870. The minimum Gasteiger partial charge on any atom is -0.387 e. The standard InChI is InChI=1S/C61H117N2O6P/c1-6-8-10-12-14-16-18-20-22-24-25-26-27-28-29-30-31-32-33-34-35-36-37-39-40-42-44-46-48-50-52-54-60(64)59(58-69-70(66,67)68-57-56-63(3,4)5)62-61(65)55-53-51-49-47-45-43-41-38-23-21-19-17-15-13-11-9-7-2/h9,11,15,17,21,23,52,54,59-60,64H,6-8,10,12-14,16,18-20,22,24-51,53,55-58H2,1-5H3,(H-,62,65,66,67)/p+1/b11-9-,17-15-,23-21-,54-52+. The molecule has 0 rings (SSSR count). The van der Waals surface area contributed by atoms with E-state index in [9.17, 15) is 19.4 Å². The van der Waals surface area contributed by atoms with Crippen LogP contribution in [0.4, 0.5) is 0 Å². The van der Waals surface area contributed by atoms with Gasteiger partial charge in [0, 0.05) is 6.42 Å². The zero-order chi connectivity index (χ0) is 51.3. The number of rotatable bonds is 55. The molecule has 0 aromatic rings. The van der Waals surface area contributed by atoms with Crippen molar-refractivity contribution in [1.82, 2.24) is 5.32 Å². The Morgan fingerprint density at radius 3 is 1.26 bits per heavy atom. The van der Waals surface area contributed by atoms with E-state index in [-0.39, 0.29) is 19.1 Å². The van der Waals surface area contributed by atoms with Gasteiger partial charge in [-0.1, -0.05) is 274 Å². The summed E-state index contributed by atoms with van der Waals surface area (Å²) in [5.74, 6) is -0.185. The monoisotopic (exact) mass is 1010 g/mol. The van der Waals surface area contributed by atoms with Crippen molar-refractivity contribution in [1.29, 1.82) is 0 Å². The summed E-state index contributed by atoms with van der Waals surface area (Å²) < 4.78 is 23.7. The van der Waals surface area contributed by atoms with Gasteiger partial charge in [-0.05, 0) is 51.4 Å². The number of carbonyl (C=O) groups excluding carboxylic acids is 1. The minimum absolute atomic E-state index is 0.0585. The summed E-state index contributed by atoms with van der Waals surface area (Å²) in [7, 11) is 1.57. The van der Waals surface area contributed by atoms with E-state index in [1.807, 2.05) is 27.2 Å². The number of amides is 1. The Bertz CT molecular complexity index is 1280. The zero-order valence-corrected chi connectivity index (χ0v) is 47.9. The maximum atomic E-state index is 13.0. The summed E-state index contributed by atoms with van der Waals surface area (Å²) >= 11 is 0. The Hall–Kier alpha value is -1.54. The van der Waals surface area contributed by atoms with E-state index in [4.69, 9.17) is 9.05 Å². The third-order valence-corrected chi connectivity index (χ3v) is 14.5. The highest BCUT2D eigenvalue weighted by Gasteiger charge is 2.27. The van der Waals surface area contributed by atoms with Crippen LogP contribution in [0.5, 0.6) is 0 Å². The number of nitrogens with one attached hydrogen (secondary N) is 1. The normalized spacial score (nSPS) is 14.2. The van der Waals surface area contributed by atoms with E-state index >= 15 is 0 Å². The van der Waals surface area contributed by atoms with Gasteiger partial charge in [0.25, 0.3) is 0 Å². The topological polar surface area (TPSA) is 105 Å². The van der Waals surface area contributed by atoms with Crippen LogP contribution in [0.2, 0.25) is 0 Å². The molecule has 0 spiro atoms. The van der Waals surface area contributed by atoms with Crippen LogP contribution in [0, 0.1) is 0 Å². The molecule has 412 valence electrons. The Kier molecular flexibility index (Phi) is 51.2. The zero-order valence-electron chi connectivity index (χ0n) is 47.0. The molecule has 0 aromatic heterocycles. The van der Waals surface area contributed by atoms with E-state index in [1.165, 1.54) is 199 Å². The van der Waals surface area contributed by atoms with Crippen molar-refractivity contribution in [3.63, 3.8) is 0 Å². The highest BCUT2D eigenvalue weighted by atomic mass is 31.2. The van der Waals surface area contributed by atoms with Gasteiger partial charge in [0.1, 0.15) is 13.2 Å². The van der Waals surface area contributed by atoms with Crippen molar-refractivity contribution in [3.8, 4) is 0 Å². The van der Waals surface area contributed by atoms with Crippen LogP contribution in [0.25, 0.3) is 0 Å².